The molecular weight excluding hydrogens is 878 g/mol. The lowest BCUT2D eigenvalue weighted by Gasteiger charge is -2.30. The van der Waals surface area contributed by atoms with Gasteiger partial charge in [0.25, 0.3) is 0 Å². The molecule has 1 aliphatic heterocycles. The summed E-state index contributed by atoms with van der Waals surface area (Å²) < 4.78 is 0. The SMILES string of the molecule is CCCC[C@H](NC(=O)[C@@H](C)NC(=O)[C@@H](Cc1ccccn1)NC(=O)[C@@H](Cc1ccc(Cl)cc1)NC(=O)[C@@H](Cc1ccc2ccccc2c1)NC(C)=O)C(=O)N1CCC[C@H]1C(=O)N[C@@H](C)C(N)=O. The van der Waals surface area contributed by atoms with Gasteiger partial charge in [-0.1, -0.05) is 92.0 Å². The molecule has 1 fully saturated rings. The Morgan fingerprint density at radius 2 is 1.28 bits per heavy atom. The number of hydrogen-bond acceptors (Lipinski definition) is 9. The van der Waals surface area contributed by atoms with Crippen LogP contribution < -0.4 is 37.6 Å². The van der Waals surface area contributed by atoms with Crippen LogP contribution >= 0.6 is 11.6 Å². The van der Waals surface area contributed by atoms with Crippen LogP contribution in [0.5, 0.6) is 0 Å². The van der Waals surface area contributed by atoms with Gasteiger partial charge in [0.05, 0.1) is 0 Å². The van der Waals surface area contributed by atoms with E-state index in [1.165, 1.54) is 31.9 Å². The molecule has 8 N–H and O–H groups in total. The van der Waals surface area contributed by atoms with Crippen LogP contribution in [0.25, 0.3) is 10.8 Å². The number of amides is 8. The Labute approximate surface area is 395 Å². The number of nitrogens with zero attached hydrogens (tertiary/aromatic N) is 2. The number of fused-ring (bicyclic) bond motifs is 1. The Balaban J connectivity index is 1.34. The monoisotopic (exact) mass is 937 g/mol. The molecule has 356 valence electrons. The van der Waals surface area contributed by atoms with E-state index in [1.807, 2.05) is 49.4 Å². The molecular formula is C49H60ClN9O8. The first kappa shape index (κ1) is 51.1. The Morgan fingerprint density at radius 1 is 0.687 bits per heavy atom. The number of nitrogens with one attached hydrogen (secondary N) is 6. The van der Waals surface area contributed by atoms with Crippen molar-refractivity contribution in [3.8, 4) is 0 Å². The summed E-state index contributed by atoms with van der Waals surface area (Å²) in [6.45, 7) is 6.37. The minimum Gasteiger partial charge on any atom is -0.368 e. The first-order valence-electron chi connectivity index (χ1n) is 22.5. The molecule has 1 aromatic heterocycles. The average molecular weight is 939 g/mol. The van der Waals surface area contributed by atoms with Crippen LogP contribution in [0.1, 0.15) is 76.6 Å². The van der Waals surface area contributed by atoms with Crippen molar-refractivity contribution in [3.05, 3.63) is 113 Å². The van der Waals surface area contributed by atoms with Gasteiger partial charge in [-0.25, -0.2) is 0 Å². The van der Waals surface area contributed by atoms with Crippen molar-refractivity contribution in [2.45, 2.75) is 121 Å². The third-order valence-corrected chi connectivity index (χ3v) is 11.8. The zero-order valence-corrected chi connectivity index (χ0v) is 38.9. The summed E-state index contributed by atoms with van der Waals surface area (Å²) in [5, 5.41) is 18.7. The van der Waals surface area contributed by atoms with Crippen LogP contribution in [-0.2, 0) is 57.6 Å². The predicted molar refractivity (Wildman–Crippen MR) is 253 cm³/mol. The lowest BCUT2D eigenvalue weighted by atomic mass is 9.99. The summed E-state index contributed by atoms with van der Waals surface area (Å²) in [5.74, 6) is -4.98. The van der Waals surface area contributed by atoms with E-state index in [9.17, 15) is 38.4 Å². The number of carbonyl (C=O) groups is 8. The quantitative estimate of drug-likeness (QED) is 0.0611. The van der Waals surface area contributed by atoms with Crippen LogP contribution in [0.3, 0.4) is 0 Å². The summed E-state index contributed by atoms with van der Waals surface area (Å²) in [4.78, 5) is 113. The summed E-state index contributed by atoms with van der Waals surface area (Å²) in [6.07, 6.45) is 3.95. The van der Waals surface area contributed by atoms with Gasteiger partial charge in [0.2, 0.25) is 47.3 Å². The third-order valence-electron chi connectivity index (χ3n) is 11.5. The fourth-order valence-electron chi connectivity index (χ4n) is 7.83. The Hall–Kier alpha value is -6.88. The summed E-state index contributed by atoms with van der Waals surface area (Å²) >= 11 is 6.16. The largest absolute Gasteiger partial charge is 0.368 e. The highest BCUT2D eigenvalue weighted by Gasteiger charge is 2.39. The minimum absolute atomic E-state index is 0.0227. The van der Waals surface area contributed by atoms with Gasteiger partial charge < -0.3 is 42.5 Å². The molecule has 67 heavy (non-hydrogen) atoms. The molecule has 0 saturated carbocycles. The van der Waals surface area contributed by atoms with Gasteiger partial charge >= 0.3 is 0 Å². The first-order chi connectivity index (χ1) is 32.0. The second-order valence-electron chi connectivity index (χ2n) is 16.9. The van der Waals surface area contributed by atoms with Crippen LogP contribution in [0.15, 0.2) is 91.1 Å². The number of primary amides is 1. The number of pyridine rings is 1. The molecule has 17 nitrogen and oxygen atoms in total. The number of halogens is 1. The van der Waals surface area contributed by atoms with Crippen molar-refractivity contribution < 1.29 is 38.4 Å². The molecule has 0 radical (unpaired) electrons. The van der Waals surface area contributed by atoms with Crippen molar-refractivity contribution >= 4 is 69.6 Å². The highest BCUT2D eigenvalue weighted by molar-refractivity contribution is 6.30. The fraction of sp³-hybridized carbons (Fsp3) is 0.408. The highest BCUT2D eigenvalue weighted by atomic mass is 35.5. The van der Waals surface area contributed by atoms with Crippen molar-refractivity contribution in [2.75, 3.05) is 6.54 Å². The number of aromatic nitrogens is 1. The van der Waals surface area contributed by atoms with Crippen molar-refractivity contribution in [1.82, 2.24) is 41.8 Å². The van der Waals surface area contributed by atoms with Gasteiger partial charge in [0, 0.05) is 49.6 Å². The molecule has 0 unspecified atom stereocenters. The maximum atomic E-state index is 14.4. The molecule has 0 aliphatic carbocycles. The normalized spacial score (nSPS) is 16.0. The van der Waals surface area contributed by atoms with Gasteiger partial charge in [-0.15, -0.1) is 0 Å². The number of benzene rings is 3. The molecule has 0 bridgehead atoms. The van der Waals surface area contributed by atoms with Crippen LogP contribution in [0.2, 0.25) is 5.02 Å². The Morgan fingerprint density at radius 3 is 1.93 bits per heavy atom. The van der Waals surface area contributed by atoms with E-state index < -0.39 is 89.6 Å². The predicted octanol–water partition coefficient (Wildman–Crippen LogP) is 2.55. The molecule has 8 amide bonds. The highest BCUT2D eigenvalue weighted by Crippen LogP contribution is 2.21. The Kier molecular flexibility index (Phi) is 18.8. The minimum atomic E-state index is -1.31. The maximum absolute atomic E-state index is 14.4. The van der Waals surface area contributed by atoms with Crippen molar-refractivity contribution in [2.24, 2.45) is 5.73 Å². The zero-order valence-electron chi connectivity index (χ0n) is 38.2. The molecule has 1 aliphatic rings. The summed E-state index contributed by atoms with van der Waals surface area (Å²) in [6, 6.07) is 17.5. The van der Waals surface area contributed by atoms with Gasteiger partial charge in [0.15, 0.2) is 0 Å². The number of unbranched alkanes of at least 4 members (excludes halogenated alkanes) is 1. The van der Waals surface area contributed by atoms with E-state index in [4.69, 9.17) is 17.3 Å². The van der Waals surface area contributed by atoms with Gasteiger partial charge in [0.1, 0.15) is 42.3 Å². The molecule has 4 aromatic rings. The molecule has 2 heterocycles. The molecule has 3 aromatic carbocycles. The van der Waals surface area contributed by atoms with E-state index in [1.54, 1.807) is 42.5 Å². The Bertz CT molecular complexity index is 2400. The second kappa shape index (κ2) is 24.6. The summed E-state index contributed by atoms with van der Waals surface area (Å²) in [5.41, 5.74) is 7.19. The maximum Gasteiger partial charge on any atom is 0.245 e. The number of rotatable bonds is 22. The molecule has 18 heteroatoms. The molecule has 5 rings (SSSR count). The topological polar surface area (TPSA) is 251 Å². The lowest BCUT2D eigenvalue weighted by Crippen LogP contribution is -2.60. The average Bonchev–Trinajstić information content (AvgIpc) is 3.80. The van der Waals surface area contributed by atoms with Crippen LogP contribution in [0, 0.1) is 0 Å². The lowest BCUT2D eigenvalue weighted by molar-refractivity contribution is -0.142. The van der Waals surface area contributed by atoms with E-state index in [0.717, 1.165) is 16.3 Å². The molecule has 0 spiro atoms. The molecule has 1 saturated heterocycles. The standard InChI is InChI=1S/C49H60ClN9O8/c1-5-6-15-38(49(67)59-24-11-16-42(59)48(66)53-29(2)43(51)61)56-44(62)30(3)54-45(63)41(28-37-14-9-10-23-52-37)58-47(65)40(26-32-18-21-36(50)22-19-32)57-46(64)39(55-31(4)60)27-33-17-20-34-12-7-8-13-35(34)25-33/h7-10,12-14,17-23,25,29-30,38-42H,5-6,11,15-16,24,26-28H2,1-4H3,(H2,51,61)(H,53,66)(H,54,63)(H,55,60)(H,56,62)(H,57,64)(H,58,65)/t29-,30+,38-,39+,40+,41+,42-/m0/s1. The van der Waals surface area contributed by atoms with E-state index >= 15 is 0 Å². The van der Waals surface area contributed by atoms with E-state index in [-0.39, 0.29) is 32.2 Å². The fourth-order valence-corrected chi connectivity index (χ4v) is 7.96. The van der Waals surface area contributed by atoms with E-state index in [2.05, 4.69) is 36.9 Å². The van der Waals surface area contributed by atoms with E-state index in [0.29, 0.717) is 42.0 Å². The number of likely N-dealkylation sites (tertiary alicyclic amines) is 1. The smallest absolute Gasteiger partial charge is 0.245 e. The number of hydrogen-bond donors (Lipinski definition) is 7. The van der Waals surface area contributed by atoms with Gasteiger partial charge in [-0.2, -0.15) is 0 Å². The van der Waals surface area contributed by atoms with Crippen LogP contribution in [-0.4, -0.2) is 106 Å². The number of carbonyl (C=O) groups excluding carboxylic acids is 8. The third kappa shape index (κ3) is 15.1. The molecule has 7 atom stereocenters. The van der Waals surface area contributed by atoms with Gasteiger partial charge in [-0.3, -0.25) is 43.3 Å². The van der Waals surface area contributed by atoms with Crippen LogP contribution in [0.4, 0.5) is 0 Å². The van der Waals surface area contributed by atoms with Crippen molar-refractivity contribution in [1.29, 1.82) is 0 Å². The van der Waals surface area contributed by atoms with Crippen molar-refractivity contribution in [3.63, 3.8) is 0 Å². The van der Waals surface area contributed by atoms with Gasteiger partial charge in [-0.05, 0) is 79.3 Å². The first-order valence-corrected chi connectivity index (χ1v) is 22.9. The summed E-state index contributed by atoms with van der Waals surface area (Å²) in [7, 11) is 0. The number of nitrogens with two attached hydrogens (primary N) is 1. The second-order valence-corrected chi connectivity index (χ2v) is 17.3. The zero-order chi connectivity index (χ0) is 48.6.